The first-order valence-electron chi connectivity index (χ1n) is 4.45. The Bertz CT molecular complexity index is 552. The van der Waals surface area contributed by atoms with E-state index in [2.05, 4.69) is 4.98 Å². The van der Waals surface area contributed by atoms with Crippen molar-refractivity contribution in [1.29, 1.82) is 0 Å². The van der Waals surface area contributed by atoms with Gasteiger partial charge in [0.05, 0.1) is 0 Å². The molecule has 2 aromatic rings. The van der Waals surface area contributed by atoms with Gasteiger partial charge in [0.2, 0.25) is 0 Å². The first-order valence-corrected chi connectivity index (χ1v) is 4.45. The van der Waals surface area contributed by atoms with Crippen molar-refractivity contribution in [3.63, 3.8) is 0 Å². The van der Waals surface area contributed by atoms with Crippen molar-refractivity contribution >= 4 is 16.8 Å². The maximum atomic E-state index is 13.4. The normalized spacial score (nSPS) is 10.5. The summed E-state index contributed by atoms with van der Waals surface area (Å²) in [7, 11) is 0. The zero-order valence-electron chi connectivity index (χ0n) is 8.12. The summed E-state index contributed by atoms with van der Waals surface area (Å²) in [5.74, 6) is -1.10. The van der Waals surface area contributed by atoms with Crippen molar-refractivity contribution in [2.45, 2.75) is 6.92 Å². The molecule has 0 saturated carbocycles. The number of carbonyl (C=O) groups excluding carboxylic acids is 1. The molecule has 76 valence electrons. The highest BCUT2D eigenvalue weighted by molar-refractivity contribution is 5.94. The van der Waals surface area contributed by atoms with Crippen LogP contribution in [0.15, 0.2) is 24.3 Å². The maximum Gasteiger partial charge on any atom is 0.267 e. The van der Waals surface area contributed by atoms with E-state index >= 15 is 0 Å². The number of halogens is 1. The molecule has 0 saturated heterocycles. The molecule has 1 aromatic heterocycles. The molecule has 2 rings (SSSR count). The topological polar surface area (TPSA) is 56.0 Å². The van der Waals surface area contributed by atoms with Crippen molar-refractivity contribution in [2.24, 2.45) is 5.73 Å². The van der Waals surface area contributed by atoms with Crippen LogP contribution in [0, 0.1) is 12.7 Å². The molecule has 2 N–H and O–H groups in total. The van der Waals surface area contributed by atoms with Crippen LogP contribution in [0.4, 0.5) is 4.39 Å². The van der Waals surface area contributed by atoms with Gasteiger partial charge >= 0.3 is 0 Å². The van der Waals surface area contributed by atoms with Crippen LogP contribution in [0.5, 0.6) is 0 Å². The Balaban J connectivity index is 2.85. The summed E-state index contributed by atoms with van der Waals surface area (Å²) in [4.78, 5) is 14.8. The largest absolute Gasteiger partial charge is 0.364 e. The van der Waals surface area contributed by atoms with E-state index in [1.165, 1.54) is 6.07 Å². The number of hydrogen-bond donors (Lipinski definition) is 1. The highest BCUT2D eigenvalue weighted by Gasteiger charge is 2.09. The summed E-state index contributed by atoms with van der Waals surface area (Å²) in [6.45, 7) is 1.79. The van der Waals surface area contributed by atoms with Crippen LogP contribution in [-0.2, 0) is 0 Å². The second-order valence-electron chi connectivity index (χ2n) is 3.32. The number of aryl methyl sites for hydroxylation is 1. The molecule has 4 heteroatoms. The van der Waals surface area contributed by atoms with Gasteiger partial charge in [0, 0.05) is 5.39 Å². The lowest BCUT2D eigenvalue weighted by Gasteiger charge is -2.04. The first kappa shape index (κ1) is 9.58. The molecule has 1 amide bonds. The fraction of sp³-hybridized carbons (Fsp3) is 0.0909. The van der Waals surface area contributed by atoms with Gasteiger partial charge in [-0.3, -0.25) is 4.79 Å². The number of nitrogens with zero attached hydrogens (tertiary/aromatic N) is 1. The summed E-state index contributed by atoms with van der Waals surface area (Å²) in [5.41, 5.74) is 6.16. The number of primary amides is 1. The Hall–Kier alpha value is -1.97. The van der Waals surface area contributed by atoms with Crippen molar-refractivity contribution in [3.05, 3.63) is 41.3 Å². The van der Waals surface area contributed by atoms with Gasteiger partial charge in [0.1, 0.15) is 17.0 Å². The van der Waals surface area contributed by atoms with E-state index in [4.69, 9.17) is 5.73 Å². The molecule has 15 heavy (non-hydrogen) atoms. The molecule has 0 aliphatic rings. The molecule has 0 aliphatic carbocycles. The predicted molar refractivity (Wildman–Crippen MR) is 55.0 cm³/mol. The number of rotatable bonds is 1. The number of para-hydroxylation sites is 1. The van der Waals surface area contributed by atoms with Gasteiger partial charge in [-0.15, -0.1) is 0 Å². The summed E-state index contributed by atoms with van der Waals surface area (Å²) in [6.07, 6.45) is 0. The number of amides is 1. The highest BCUT2D eigenvalue weighted by Crippen LogP contribution is 2.19. The summed E-state index contributed by atoms with van der Waals surface area (Å²) in [5, 5.41) is 0.694. The van der Waals surface area contributed by atoms with Crippen LogP contribution in [0.2, 0.25) is 0 Å². The van der Waals surface area contributed by atoms with E-state index in [-0.39, 0.29) is 11.2 Å². The summed E-state index contributed by atoms with van der Waals surface area (Å²) >= 11 is 0. The van der Waals surface area contributed by atoms with E-state index in [0.29, 0.717) is 5.39 Å². The fourth-order valence-electron chi connectivity index (χ4n) is 1.51. The lowest BCUT2D eigenvalue weighted by molar-refractivity contribution is 0.0996. The molecule has 0 bridgehead atoms. The van der Waals surface area contributed by atoms with Crippen molar-refractivity contribution in [3.8, 4) is 0 Å². The molecule has 0 fully saturated rings. The molecule has 0 spiro atoms. The smallest absolute Gasteiger partial charge is 0.267 e. The Morgan fingerprint density at radius 1 is 1.47 bits per heavy atom. The standard InChI is InChI=1S/C11H9FN2O/c1-6-5-9(11(13)15)14-10-7(6)3-2-4-8(10)12/h2-5H,1H3,(H2,13,15). The monoisotopic (exact) mass is 204 g/mol. The van der Waals surface area contributed by atoms with Crippen molar-refractivity contribution in [1.82, 2.24) is 4.98 Å². The lowest BCUT2D eigenvalue weighted by atomic mass is 10.1. The molecule has 3 nitrogen and oxygen atoms in total. The Morgan fingerprint density at radius 2 is 2.20 bits per heavy atom. The molecule has 0 atom stereocenters. The summed E-state index contributed by atoms with van der Waals surface area (Å²) in [6, 6.07) is 6.23. The molecule has 0 radical (unpaired) electrons. The second-order valence-corrected chi connectivity index (χ2v) is 3.32. The minimum atomic E-state index is -0.650. The fourth-order valence-corrected chi connectivity index (χ4v) is 1.51. The Labute approximate surface area is 85.7 Å². The molecular formula is C11H9FN2O. The van der Waals surface area contributed by atoms with Gasteiger partial charge in [-0.05, 0) is 24.6 Å². The van der Waals surface area contributed by atoms with Crippen LogP contribution in [0.1, 0.15) is 16.1 Å². The van der Waals surface area contributed by atoms with Gasteiger partial charge in [0.15, 0.2) is 0 Å². The molecule has 0 unspecified atom stereocenters. The van der Waals surface area contributed by atoms with Gasteiger partial charge < -0.3 is 5.73 Å². The van der Waals surface area contributed by atoms with Crippen molar-refractivity contribution < 1.29 is 9.18 Å². The average Bonchev–Trinajstić information content (AvgIpc) is 2.19. The number of aromatic nitrogens is 1. The van der Waals surface area contributed by atoms with E-state index in [1.807, 2.05) is 0 Å². The third-order valence-electron chi connectivity index (χ3n) is 2.25. The minimum absolute atomic E-state index is 0.0881. The number of benzene rings is 1. The number of nitrogens with two attached hydrogens (primary N) is 1. The van der Waals surface area contributed by atoms with Gasteiger partial charge in [-0.2, -0.15) is 0 Å². The quantitative estimate of drug-likeness (QED) is 0.769. The van der Waals surface area contributed by atoms with Gasteiger partial charge in [-0.25, -0.2) is 9.37 Å². The number of fused-ring (bicyclic) bond motifs is 1. The zero-order chi connectivity index (χ0) is 11.0. The van der Waals surface area contributed by atoms with Crippen molar-refractivity contribution in [2.75, 3.05) is 0 Å². The van der Waals surface area contributed by atoms with E-state index in [9.17, 15) is 9.18 Å². The van der Waals surface area contributed by atoms with Crippen LogP contribution < -0.4 is 5.73 Å². The number of carbonyl (C=O) groups is 1. The predicted octanol–water partition coefficient (Wildman–Crippen LogP) is 1.78. The third kappa shape index (κ3) is 1.54. The maximum absolute atomic E-state index is 13.4. The first-order chi connectivity index (χ1) is 7.09. The summed E-state index contributed by atoms with van der Waals surface area (Å²) < 4.78 is 13.4. The molecular weight excluding hydrogens is 195 g/mol. The third-order valence-corrected chi connectivity index (χ3v) is 2.25. The van der Waals surface area contributed by atoms with Crippen LogP contribution in [0.3, 0.4) is 0 Å². The van der Waals surface area contributed by atoms with E-state index in [0.717, 1.165) is 5.56 Å². The Morgan fingerprint density at radius 3 is 2.87 bits per heavy atom. The van der Waals surface area contributed by atoms with E-state index in [1.54, 1.807) is 25.1 Å². The molecule has 1 aromatic carbocycles. The number of hydrogen-bond acceptors (Lipinski definition) is 2. The van der Waals surface area contributed by atoms with Crippen LogP contribution in [-0.4, -0.2) is 10.9 Å². The highest BCUT2D eigenvalue weighted by atomic mass is 19.1. The average molecular weight is 204 g/mol. The molecule has 1 heterocycles. The lowest BCUT2D eigenvalue weighted by Crippen LogP contribution is -2.13. The zero-order valence-corrected chi connectivity index (χ0v) is 8.12. The molecule has 0 aliphatic heterocycles. The Kier molecular flexibility index (Phi) is 2.11. The second kappa shape index (κ2) is 3.31. The van der Waals surface area contributed by atoms with Gasteiger partial charge in [-0.1, -0.05) is 12.1 Å². The van der Waals surface area contributed by atoms with Crippen LogP contribution in [0.25, 0.3) is 10.9 Å². The van der Waals surface area contributed by atoms with Crippen LogP contribution >= 0.6 is 0 Å². The number of pyridine rings is 1. The van der Waals surface area contributed by atoms with E-state index < -0.39 is 11.7 Å². The van der Waals surface area contributed by atoms with Gasteiger partial charge in [0.25, 0.3) is 5.91 Å². The minimum Gasteiger partial charge on any atom is -0.364 e. The SMILES string of the molecule is Cc1cc(C(N)=O)nc2c(F)cccc12.